The maximum atomic E-state index is 11.4. The molecule has 1 unspecified atom stereocenters. The van der Waals surface area contributed by atoms with Crippen LogP contribution in [0.15, 0.2) is 16.8 Å². The van der Waals surface area contributed by atoms with Gasteiger partial charge in [0.15, 0.2) is 0 Å². The topological polar surface area (TPSA) is 50.4 Å². The number of alkyl carbamates (subject to hydrolysis) is 1. The van der Waals surface area contributed by atoms with Crippen LogP contribution < -0.4 is 10.6 Å². The molecular weight excluding hydrogens is 272 g/mol. The molecular formula is C15H26N2O2S. The predicted octanol–water partition coefficient (Wildman–Crippen LogP) is 3.18. The highest BCUT2D eigenvalue weighted by molar-refractivity contribution is 7.07. The molecule has 1 aromatic rings. The van der Waals surface area contributed by atoms with Crippen molar-refractivity contribution in [1.82, 2.24) is 10.6 Å². The minimum absolute atomic E-state index is 0.344. The number of thiophene rings is 1. The number of amides is 1. The van der Waals surface area contributed by atoms with Gasteiger partial charge in [0.25, 0.3) is 0 Å². The van der Waals surface area contributed by atoms with Gasteiger partial charge in [0, 0.05) is 12.6 Å². The Morgan fingerprint density at radius 2 is 2.15 bits per heavy atom. The van der Waals surface area contributed by atoms with E-state index in [4.69, 9.17) is 4.74 Å². The van der Waals surface area contributed by atoms with E-state index in [9.17, 15) is 4.79 Å². The molecule has 20 heavy (non-hydrogen) atoms. The Balaban J connectivity index is 2.03. The molecule has 4 nitrogen and oxygen atoms in total. The minimum Gasteiger partial charge on any atom is -0.444 e. The van der Waals surface area contributed by atoms with E-state index in [1.807, 2.05) is 20.8 Å². The number of hydrogen-bond acceptors (Lipinski definition) is 4. The standard InChI is InChI=1S/C15H26N2O2S/c1-12(10-13-6-9-20-11-13)16-7-5-8-17-14(18)19-15(2,3)4/h6,9,11-12,16H,5,7-8,10H2,1-4H3,(H,17,18). The van der Waals surface area contributed by atoms with Gasteiger partial charge in [-0.15, -0.1) is 0 Å². The van der Waals surface area contributed by atoms with E-state index in [0.29, 0.717) is 12.6 Å². The summed E-state index contributed by atoms with van der Waals surface area (Å²) >= 11 is 1.73. The molecule has 0 radical (unpaired) electrons. The molecule has 0 saturated carbocycles. The molecule has 2 N–H and O–H groups in total. The van der Waals surface area contributed by atoms with Crippen LogP contribution in [0.5, 0.6) is 0 Å². The molecule has 0 aromatic carbocycles. The first-order valence-corrected chi connectivity index (χ1v) is 8.02. The van der Waals surface area contributed by atoms with Crippen LogP contribution in [0.2, 0.25) is 0 Å². The Hall–Kier alpha value is -1.07. The van der Waals surface area contributed by atoms with E-state index in [2.05, 4.69) is 34.4 Å². The summed E-state index contributed by atoms with van der Waals surface area (Å²) in [5.74, 6) is 0. The van der Waals surface area contributed by atoms with E-state index in [1.165, 1.54) is 5.56 Å². The van der Waals surface area contributed by atoms with Crippen LogP contribution >= 0.6 is 11.3 Å². The van der Waals surface area contributed by atoms with Crippen molar-refractivity contribution in [2.75, 3.05) is 13.1 Å². The normalized spacial score (nSPS) is 13.0. The summed E-state index contributed by atoms with van der Waals surface area (Å²) in [6.07, 6.45) is 1.60. The Morgan fingerprint density at radius 1 is 1.40 bits per heavy atom. The second-order valence-electron chi connectivity index (χ2n) is 5.97. The van der Waals surface area contributed by atoms with Crippen LogP contribution in [0.3, 0.4) is 0 Å². The zero-order chi connectivity index (χ0) is 15.0. The zero-order valence-electron chi connectivity index (χ0n) is 12.9. The molecule has 0 saturated heterocycles. The summed E-state index contributed by atoms with van der Waals surface area (Å²) in [5, 5.41) is 10.5. The van der Waals surface area contributed by atoms with Crippen molar-refractivity contribution in [2.24, 2.45) is 0 Å². The van der Waals surface area contributed by atoms with E-state index in [-0.39, 0.29) is 6.09 Å². The third-order valence-corrected chi connectivity index (χ3v) is 3.37. The highest BCUT2D eigenvalue weighted by Gasteiger charge is 2.15. The number of carbonyl (C=O) groups excluding carboxylic acids is 1. The molecule has 114 valence electrons. The molecule has 0 aliphatic carbocycles. The summed E-state index contributed by atoms with van der Waals surface area (Å²) in [7, 11) is 0. The van der Waals surface area contributed by atoms with Crippen LogP contribution in [-0.4, -0.2) is 30.8 Å². The smallest absolute Gasteiger partial charge is 0.407 e. The average Bonchev–Trinajstić information content (AvgIpc) is 2.78. The third-order valence-electron chi connectivity index (χ3n) is 2.64. The number of rotatable bonds is 7. The SMILES string of the molecule is CC(Cc1ccsc1)NCCCNC(=O)OC(C)(C)C. The monoisotopic (exact) mass is 298 g/mol. The van der Waals surface area contributed by atoms with Crippen molar-refractivity contribution >= 4 is 17.4 Å². The molecule has 0 aliphatic heterocycles. The Morgan fingerprint density at radius 3 is 2.75 bits per heavy atom. The molecule has 0 aliphatic rings. The molecule has 0 fully saturated rings. The van der Waals surface area contributed by atoms with Gasteiger partial charge in [0.1, 0.15) is 5.60 Å². The molecule has 1 heterocycles. The Labute approximate surface area is 125 Å². The first-order valence-electron chi connectivity index (χ1n) is 7.08. The first kappa shape index (κ1) is 17.0. The predicted molar refractivity (Wildman–Crippen MR) is 84.3 cm³/mol. The van der Waals surface area contributed by atoms with Crippen molar-refractivity contribution in [1.29, 1.82) is 0 Å². The Bertz CT molecular complexity index is 385. The van der Waals surface area contributed by atoms with Gasteiger partial charge in [0.05, 0.1) is 0 Å². The first-order chi connectivity index (χ1) is 9.37. The molecule has 1 rings (SSSR count). The van der Waals surface area contributed by atoms with Crippen molar-refractivity contribution < 1.29 is 9.53 Å². The zero-order valence-corrected chi connectivity index (χ0v) is 13.7. The second-order valence-corrected chi connectivity index (χ2v) is 6.75. The largest absolute Gasteiger partial charge is 0.444 e. The van der Waals surface area contributed by atoms with Crippen molar-refractivity contribution in [3.63, 3.8) is 0 Å². The van der Waals surface area contributed by atoms with Gasteiger partial charge in [-0.25, -0.2) is 4.79 Å². The van der Waals surface area contributed by atoms with Crippen molar-refractivity contribution in [3.05, 3.63) is 22.4 Å². The van der Waals surface area contributed by atoms with Crippen molar-refractivity contribution in [2.45, 2.75) is 52.2 Å². The lowest BCUT2D eigenvalue weighted by atomic mass is 10.1. The summed E-state index contributed by atoms with van der Waals surface area (Å²) < 4.78 is 5.17. The summed E-state index contributed by atoms with van der Waals surface area (Å²) in [5.41, 5.74) is 0.944. The fourth-order valence-corrected chi connectivity index (χ4v) is 2.46. The summed E-state index contributed by atoms with van der Waals surface area (Å²) in [6.45, 7) is 9.29. The summed E-state index contributed by atoms with van der Waals surface area (Å²) in [6, 6.07) is 2.61. The van der Waals surface area contributed by atoms with E-state index >= 15 is 0 Å². The molecule has 1 atom stereocenters. The molecule has 1 amide bonds. The van der Waals surface area contributed by atoms with Gasteiger partial charge in [-0.2, -0.15) is 11.3 Å². The van der Waals surface area contributed by atoms with Gasteiger partial charge in [-0.05, 0) is 69.5 Å². The van der Waals surface area contributed by atoms with Gasteiger partial charge in [-0.3, -0.25) is 0 Å². The van der Waals surface area contributed by atoms with E-state index in [0.717, 1.165) is 19.4 Å². The van der Waals surface area contributed by atoms with E-state index < -0.39 is 5.60 Å². The Kier molecular flexibility index (Phi) is 7.02. The maximum absolute atomic E-state index is 11.4. The number of carbonyl (C=O) groups is 1. The molecule has 0 spiro atoms. The van der Waals surface area contributed by atoms with Crippen LogP contribution in [0, 0.1) is 0 Å². The molecule has 0 bridgehead atoms. The summed E-state index contributed by atoms with van der Waals surface area (Å²) in [4.78, 5) is 11.4. The fourth-order valence-electron chi connectivity index (χ4n) is 1.78. The third kappa shape index (κ3) is 8.17. The quantitative estimate of drug-likeness (QED) is 0.760. The number of ether oxygens (including phenoxy) is 1. The maximum Gasteiger partial charge on any atom is 0.407 e. The van der Waals surface area contributed by atoms with Crippen LogP contribution in [0.25, 0.3) is 0 Å². The van der Waals surface area contributed by atoms with Gasteiger partial charge < -0.3 is 15.4 Å². The van der Waals surface area contributed by atoms with E-state index in [1.54, 1.807) is 11.3 Å². The van der Waals surface area contributed by atoms with Gasteiger partial charge in [-0.1, -0.05) is 0 Å². The van der Waals surface area contributed by atoms with Crippen molar-refractivity contribution in [3.8, 4) is 0 Å². The number of nitrogens with one attached hydrogen (secondary N) is 2. The molecule has 5 heteroatoms. The van der Waals surface area contributed by atoms with Crippen LogP contribution in [0.4, 0.5) is 4.79 Å². The van der Waals surface area contributed by atoms with Gasteiger partial charge in [0.2, 0.25) is 0 Å². The lowest BCUT2D eigenvalue weighted by Gasteiger charge is -2.19. The lowest BCUT2D eigenvalue weighted by molar-refractivity contribution is 0.0527. The van der Waals surface area contributed by atoms with Gasteiger partial charge >= 0.3 is 6.09 Å². The second kappa shape index (κ2) is 8.27. The minimum atomic E-state index is -0.433. The lowest BCUT2D eigenvalue weighted by Crippen LogP contribution is -2.35. The van der Waals surface area contributed by atoms with Crippen LogP contribution in [0.1, 0.15) is 39.7 Å². The highest BCUT2D eigenvalue weighted by Crippen LogP contribution is 2.08. The fraction of sp³-hybridized carbons (Fsp3) is 0.667. The average molecular weight is 298 g/mol. The van der Waals surface area contributed by atoms with Crippen LogP contribution in [-0.2, 0) is 11.2 Å². The number of hydrogen-bond donors (Lipinski definition) is 2. The highest BCUT2D eigenvalue weighted by atomic mass is 32.1. The molecule has 1 aromatic heterocycles.